The second-order valence-corrected chi connectivity index (χ2v) is 8.56. The highest BCUT2D eigenvalue weighted by atomic mass is 16.5. The molecule has 0 unspecified atom stereocenters. The van der Waals surface area contributed by atoms with Gasteiger partial charge in [-0.3, -0.25) is 19.1 Å². The maximum atomic E-state index is 12.7. The summed E-state index contributed by atoms with van der Waals surface area (Å²) in [4.78, 5) is 33.9. The zero-order valence-corrected chi connectivity index (χ0v) is 18.2. The van der Waals surface area contributed by atoms with Crippen LogP contribution in [0.3, 0.4) is 0 Å². The van der Waals surface area contributed by atoms with Crippen LogP contribution >= 0.6 is 0 Å². The molecule has 1 fully saturated rings. The van der Waals surface area contributed by atoms with E-state index in [1.54, 1.807) is 17.0 Å². The Labute approximate surface area is 187 Å². The molecular formula is C25H28N4O3. The Kier molecular flexibility index (Phi) is 5.90. The van der Waals surface area contributed by atoms with Crippen molar-refractivity contribution in [2.24, 2.45) is 0 Å². The number of hydrogen-bond donors (Lipinski definition) is 0. The number of ether oxygens (including phenoxy) is 1. The van der Waals surface area contributed by atoms with Crippen molar-refractivity contribution in [1.29, 1.82) is 0 Å². The van der Waals surface area contributed by atoms with Crippen LogP contribution in [-0.2, 0) is 24.3 Å². The third-order valence-corrected chi connectivity index (χ3v) is 6.41. The van der Waals surface area contributed by atoms with Crippen LogP contribution in [-0.4, -0.2) is 58.0 Å². The molecule has 3 heterocycles. The summed E-state index contributed by atoms with van der Waals surface area (Å²) >= 11 is 0. The maximum absolute atomic E-state index is 12.7. The third-order valence-electron chi connectivity index (χ3n) is 6.41. The highest BCUT2D eigenvalue weighted by molar-refractivity contribution is 5.77. The van der Waals surface area contributed by atoms with Crippen molar-refractivity contribution < 1.29 is 9.53 Å². The fourth-order valence-electron chi connectivity index (χ4n) is 4.58. The lowest BCUT2D eigenvalue weighted by Crippen LogP contribution is -2.48. The molecule has 0 saturated carbocycles. The highest BCUT2D eigenvalue weighted by Gasteiger charge is 2.21. The molecule has 5 rings (SSSR count). The number of hydrogen-bond acceptors (Lipinski definition) is 5. The molecule has 0 atom stereocenters. The van der Waals surface area contributed by atoms with Crippen molar-refractivity contribution in [2.75, 3.05) is 32.8 Å². The first-order valence-corrected chi connectivity index (χ1v) is 11.4. The molecule has 0 bridgehead atoms. The number of piperazine rings is 1. The van der Waals surface area contributed by atoms with E-state index in [0.29, 0.717) is 30.3 Å². The number of benzene rings is 2. The smallest absolute Gasteiger partial charge is 0.261 e. The highest BCUT2D eigenvalue weighted by Crippen LogP contribution is 2.26. The Morgan fingerprint density at radius 2 is 1.91 bits per heavy atom. The van der Waals surface area contributed by atoms with E-state index in [0.717, 1.165) is 51.5 Å². The summed E-state index contributed by atoms with van der Waals surface area (Å²) < 4.78 is 7.20. The van der Waals surface area contributed by atoms with Gasteiger partial charge in [0.25, 0.3) is 5.56 Å². The van der Waals surface area contributed by atoms with Crippen LogP contribution in [0.4, 0.5) is 0 Å². The number of carbonyl (C=O) groups excluding carboxylic acids is 1. The third kappa shape index (κ3) is 4.39. The van der Waals surface area contributed by atoms with E-state index in [4.69, 9.17) is 4.74 Å². The fourth-order valence-corrected chi connectivity index (χ4v) is 4.58. The number of para-hydroxylation sites is 1. The van der Waals surface area contributed by atoms with Gasteiger partial charge in [-0.1, -0.05) is 24.3 Å². The Morgan fingerprint density at radius 3 is 2.78 bits per heavy atom. The standard InChI is InChI=1S/C25H28N4O3/c30-24(6-3-10-29-18-26-22-5-2-1-4-21(22)25(29)31)28-13-11-27(12-14-28)17-19-7-8-23-20(16-19)9-15-32-23/h1-2,4-5,7-8,16,18H,3,6,9-15,17H2. The van der Waals surface area contributed by atoms with Gasteiger partial charge >= 0.3 is 0 Å². The van der Waals surface area contributed by atoms with Gasteiger partial charge in [0.2, 0.25) is 5.91 Å². The Balaban J connectivity index is 1.09. The lowest BCUT2D eigenvalue weighted by Gasteiger charge is -2.35. The number of aromatic nitrogens is 2. The number of fused-ring (bicyclic) bond motifs is 2. The summed E-state index contributed by atoms with van der Waals surface area (Å²) in [6.45, 7) is 5.47. The Bertz CT molecular complexity index is 1180. The van der Waals surface area contributed by atoms with Gasteiger partial charge in [0.05, 0.1) is 23.8 Å². The van der Waals surface area contributed by atoms with E-state index in [2.05, 4.69) is 28.1 Å². The van der Waals surface area contributed by atoms with Gasteiger partial charge in [-0.25, -0.2) is 4.98 Å². The van der Waals surface area contributed by atoms with Crippen LogP contribution in [0.2, 0.25) is 0 Å². The van der Waals surface area contributed by atoms with Crippen LogP contribution < -0.4 is 10.3 Å². The van der Waals surface area contributed by atoms with Gasteiger partial charge < -0.3 is 9.64 Å². The molecule has 1 amide bonds. The lowest BCUT2D eigenvalue weighted by molar-refractivity contribution is -0.133. The summed E-state index contributed by atoms with van der Waals surface area (Å²) in [6, 6.07) is 13.8. The molecular weight excluding hydrogens is 404 g/mol. The molecule has 0 radical (unpaired) electrons. The zero-order chi connectivity index (χ0) is 21.9. The predicted molar refractivity (Wildman–Crippen MR) is 123 cm³/mol. The molecule has 0 aliphatic carbocycles. The molecule has 32 heavy (non-hydrogen) atoms. The first-order valence-electron chi connectivity index (χ1n) is 11.4. The van der Waals surface area contributed by atoms with Crippen molar-refractivity contribution >= 4 is 16.8 Å². The van der Waals surface area contributed by atoms with Gasteiger partial charge in [-0.15, -0.1) is 0 Å². The maximum Gasteiger partial charge on any atom is 0.261 e. The molecule has 2 aliphatic heterocycles. The van der Waals surface area contributed by atoms with Crippen LogP contribution in [0.5, 0.6) is 5.75 Å². The van der Waals surface area contributed by atoms with Gasteiger partial charge in [0.15, 0.2) is 0 Å². The van der Waals surface area contributed by atoms with Crippen LogP contribution in [0, 0.1) is 0 Å². The fraction of sp³-hybridized carbons (Fsp3) is 0.400. The lowest BCUT2D eigenvalue weighted by atomic mass is 10.1. The zero-order valence-electron chi connectivity index (χ0n) is 18.2. The predicted octanol–water partition coefficient (Wildman–Crippen LogP) is 2.46. The largest absolute Gasteiger partial charge is 0.493 e. The summed E-state index contributed by atoms with van der Waals surface area (Å²) in [5.74, 6) is 1.19. The summed E-state index contributed by atoms with van der Waals surface area (Å²) in [5.41, 5.74) is 3.27. The molecule has 166 valence electrons. The average molecular weight is 433 g/mol. The van der Waals surface area contributed by atoms with Crippen molar-refractivity contribution in [3.63, 3.8) is 0 Å². The summed E-state index contributed by atoms with van der Waals surface area (Å²) in [6.07, 6.45) is 3.66. The second kappa shape index (κ2) is 9.12. The van der Waals surface area contributed by atoms with E-state index in [1.165, 1.54) is 11.1 Å². The van der Waals surface area contributed by atoms with Crippen molar-refractivity contribution in [3.8, 4) is 5.75 Å². The first-order chi connectivity index (χ1) is 15.7. The number of rotatable bonds is 6. The van der Waals surface area contributed by atoms with Crippen molar-refractivity contribution in [1.82, 2.24) is 19.4 Å². The van der Waals surface area contributed by atoms with Crippen LogP contribution in [0.25, 0.3) is 10.9 Å². The molecule has 0 N–H and O–H groups in total. The Morgan fingerprint density at radius 1 is 1.06 bits per heavy atom. The molecule has 1 saturated heterocycles. The topological polar surface area (TPSA) is 67.7 Å². The van der Waals surface area contributed by atoms with Crippen LogP contribution in [0.1, 0.15) is 24.0 Å². The number of carbonyl (C=O) groups is 1. The molecule has 0 spiro atoms. The van der Waals surface area contributed by atoms with E-state index in [9.17, 15) is 9.59 Å². The van der Waals surface area contributed by atoms with E-state index < -0.39 is 0 Å². The van der Waals surface area contributed by atoms with Gasteiger partial charge in [0.1, 0.15) is 5.75 Å². The van der Waals surface area contributed by atoms with Gasteiger partial charge in [0, 0.05) is 52.1 Å². The van der Waals surface area contributed by atoms with E-state index >= 15 is 0 Å². The van der Waals surface area contributed by atoms with E-state index in [1.807, 2.05) is 23.1 Å². The molecule has 7 heteroatoms. The first kappa shape index (κ1) is 20.7. The normalized spacial score (nSPS) is 16.2. The minimum atomic E-state index is -0.0465. The molecule has 3 aromatic rings. The minimum Gasteiger partial charge on any atom is -0.493 e. The van der Waals surface area contributed by atoms with Crippen molar-refractivity contribution in [2.45, 2.75) is 32.4 Å². The number of nitrogens with zero attached hydrogens (tertiary/aromatic N) is 4. The number of aryl methyl sites for hydroxylation is 1. The van der Waals surface area contributed by atoms with Crippen molar-refractivity contribution in [3.05, 3.63) is 70.3 Å². The van der Waals surface area contributed by atoms with Gasteiger partial charge in [-0.05, 0) is 35.7 Å². The molecule has 2 aromatic carbocycles. The summed E-state index contributed by atoms with van der Waals surface area (Å²) in [7, 11) is 0. The molecule has 7 nitrogen and oxygen atoms in total. The summed E-state index contributed by atoms with van der Waals surface area (Å²) in [5, 5.41) is 0.619. The molecule has 1 aromatic heterocycles. The quantitative estimate of drug-likeness (QED) is 0.599. The SMILES string of the molecule is O=C(CCCn1cnc2ccccc2c1=O)N1CCN(Cc2ccc3c(c2)CCO3)CC1. The number of amides is 1. The minimum absolute atomic E-state index is 0.0465. The van der Waals surface area contributed by atoms with Crippen LogP contribution in [0.15, 0.2) is 53.6 Å². The molecule has 2 aliphatic rings. The second-order valence-electron chi connectivity index (χ2n) is 8.56. The Hall–Kier alpha value is -3.19. The monoisotopic (exact) mass is 432 g/mol. The van der Waals surface area contributed by atoms with Gasteiger partial charge in [-0.2, -0.15) is 0 Å². The van der Waals surface area contributed by atoms with E-state index in [-0.39, 0.29) is 11.5 Å². The average Bonchev–Trinajstić information content (AvgIpc) is 3.29.